The molecule has 0 bridgehead atoms. The van der Waals surface area contributed by atoms with Crippen molar-refractivity contribution in [3.05, 3.63) is 67.7 Å². The Morgan fingerprint density at radius 1 is 1.20 bits per heavy atom. The molecule has 2 aromatic rings. The highest BCUT2D eigenvalue weighted by atomic mass is 35.5. The van der Waals surface area contributed by atoms with Gasteiger partial charge in [0.15, 0.2) is 6.61 Å². The highest BCUT2D eigenvalue weighted by molar-refractivity contribution is 6.32. The summed E-state index contributed by atoms with van der Waals surface area (Å²) in [5.41, 5.74) is 0.783. The molecule has 1 amide bonds. The van der Waals surface area contributed by atoms with E-state index >= 15 is 0 Å². The molecule has 1 N–H and O–H groups in total. The number of ether oxygens (including phenoxy) is 1. The van der Waals surface area contributed by atoms with Crippen molar-refractivity contribution in [1.82, 2.24) is 0 Å². The molecule has 0 aromatic heterocycles. The van der Waals surface area contributed by atoms with E-state index in [1.165, 1.54) is 12.1 Å². The van der Waals surface area contributed by atoms with Crippen molar-refractivity contribution in [2.75, 3.05) is 11.9 Å². The maximum atomic E-state index is 11.9. The number of aryl methyl sites for hydroxylation is 1. The van der Waals surface area contributed by atoms with Crippen LogP contribution in [0.5, 0.6) is 0 Å². The van der Waals surface area contributed by atoms with E-state index in [0.29, 0.717) is 10.7 Å². The lowest BCUT2D eigenvalue weighted by Gasteiger charge is -2.09. The van der Waals surface area contributed by atoms with Gasteiger partial charge in [-0.1, -0.05) is 29.3 Å². The van der Waals surface area contributed by atoms with Crippen LogP contribution in [0.15, 0.2) is 36.4 Å². The third kappa shape index (κ3) is 4.91. The standard InChI is InChI=1S/C16H12Cl2N2O5/c1-9-2-4-11(17)7-13(9)19-15(21)8-25-16(22)10-3-5-12(18)14(6-10)20(23)24/h2-7H,8H2,1H3,(H,19,21). The topological polar surface area (TPSA) is 98.5 Å². The van der Waals surface area contributed by atoms with Gasteiger partial charge in [-0.2, -0.15) is 0 Å². The smallest absolute Gasteiger partial charge is 0.338 e. The number of hydrogen-bond acceptors (Lipinski definition) is 5. The average Bonchev–Trinajstić information content (AvgIpc) is 2.56. The summed E-state index contributed by atoms with van der Waals surface area (Å²) in [6.07, 6.45) is 0. The van der Waals surface area contributed by atoms with Gasteiger partial charge in [0.2, 0.25) is 0 Å². The molecule has 9 heteroatoms. The maximum absolute atomic E-state index is 11.9. The highest BCUT2D eigenvalue weighted by Crippen LogP contribution is 2.25. The molecule has 0 heterocycles. The Hall–Kier alpha value is -2.64. The summed E-state index contributed by atoms with van der Waals surface area (Å²) in [4.78, 5) is 33.9. The summed E-state index contributed by atoms with van der Waals surface area (Å²) in [6, 6.07) is 8.46. The van der Waals surface area contributed by atoms with E-state index in [-0.39, 0.29) is 10.6 Å². The van der Waals surface area contributed by atoms with E-state index in [1.54, 1.807) is 25.1 Å². The van der Waals surface area contributed by atoms with Gasteiger partial charge in [-0.05, 0) is 36.8 Å². The Morgan fingerprint density at radius 2 is 1.92 bits per heavy atom. The number of benzene rings is 2. The molecule has 0 aliphatic carbocycles. The van der Waals surface area contributed by atoms with Crippen LogP contribution < -0.4 is 5.32 Å². The van der Waals surface area contributed by atoms with E-state index in [0.717, 1.165) is 11.6 Å². The van der Waals surface area contributed by atoms with Crippen LogP contribution in [-0.4, -0.2) is 23.4 Å². The van der Waals surface area contributed by atoms with Gasteiger partial charge in [0, 0.05) is 16.8 Å². The first-order chi connectivity index (χ1) is 11.8. The zero-order valence-corrected chi connectivity index (χ0v) is 14.4. The van der Waals surface area contributed by atoms with E-state index in [4.69, 9.17) is 27.9 Å². The molecule has 0 fully saturated rings. The van der Waals surface area contributed by atoms with Crippen LogP contribution in [0.3, 0.4) is 0 Å². The van der Waals surface area contributed by atoms with Gasteiger partial charge in [-0.3, -0.25) is 14.9 Å². The molecule has 0 aliphatic heterocycles. The van der Waals surface area contributed by atoms with Gasteiger partial charge in [0.1, 0.15) is 5.02 Å². The third-order valence-corrected chi connectivity index (χ3v) is 3.74. The number of halogens is 2. The number of carbonyl (C=O) groups is 2. The second-order valence-corrected chi connectivity index (χ2v) is 5.85. The van der Waals surface area contributed by atoms with Crippen LogP contribution in [0.25, 0.3) is 0 Å². The predicted molar refractivity (Wildman–Crippen MR) is 93.2 cm³/mol. The molecule has 25 heavy (non-hydrogen) atoms. The summed E-state index contributed by atoms with van der Waals surface area (Å²) >= 11 is 11.5. The molecule has 0 saturated heterocycles. The predicted octanol–water partition coefficient (Wildman–Crippen LogP) is 4.01. The molecular formula is C16H12Cl2N2O5. The Kier molecular flexibility index (Phi) is 5.95. The third-order valence-electron chi connectivity index (χ3n) is 3.19. The number of hydrogen-bond donors (Lipinski definition) is 1. The number of anilines is 1. The first-order valence-corrected chi connectivity index (χ1v) is 7.70. The van der Waals surface area contributed by atoms with Crippen LogP contribution in [-0.2, 0) is 9.53 Å². The second kappa shape index (κ2) is 7.96. The number of nitro groups is 1. The van der Waals surface area contributed by atoms with Crippen molar-refractivity contribution in [2.45, 2.75) is 6.92 Å². The van der Waals surface area contributed by atoms with Gasteiger partial charge in [-0.25, -0.2) is 4.79 Å². The fourth-order valence-corrected chi connectivity index (χ4v) is 2.27. The minimum atomic E-state index is -0.877. The molecular weight excluding hydrogens is 371 g/mol. The SMILES string of the molecule is Cc1ccc(Cl)cc1NC(=O)COC(=O)c1ccc(Cl)c([N+](=O)[O-])c1. The van der Waals surface area contributed by atoms with Crippen LogP contribution in [0, 0.1) is 17.0 Å². The quantitative estimate of drug-likeness (QED) is 0.478. The Balaban J connectivity index is 2.00. The molecule has 2 rings (SSSR count). The molecule has 0 aliphatic rings. The number of amides is 1. The summed E-state index contributed by atoms with van der Waals surface area (Å²) in [7, 11) is 0. The molecule has 0 saturated carbocycles. The zero-order chi connectivity index (χ0) is 18.6. The van der Waals surface area contributed by atoms with E-state index in [9.17, 15) is 19.7 Å². The van der Waals surface area contributed by atoms with Crippen molar-refractivity contribution in [2.24, 2.45) is 0 Å². The molecule has 0 atom stereocenters. The van der Waals surface area contributed by atoms with Crippen molar-refractivity contribution in [3.8, 4) is 0 Å². The lowest BCUT2D eigenvalue weighted by atomic mass is 10.2. The molecule has 130 valence electrons. The van der Waals surface area contributed by atoms with Crippen molar-refractivity contribution in [1.29, 1.82) is 0 Å². The summed E-state index contributed by atoms with van der Waals surface area (Å²) in [6.45, 7) is 1.23. The largest absolute Gasteiger partial charge is 0.452 e. The summed E-state index contributed by atoms with van der Waals surface area (Å²) in [5.74, 6) is -1.44. The average molecular weight is 383 g/mol. The number of nitro benzene ring substituents is 1. The molecule has 2 aromatic carbocycles. The van der Waals surface area contributed by atoms with E-state index in [1.807, 2.05) is 0 Å². The van der Waals surface area contributed by atoms with Crippen molar-refractivity contribution in [3.63, 3.8) is 0 Å². The normalized spacial score (nSPS) is 10.2. The number of nitrogens with zero attached hydrogens (tertiary/aromatic N) is 1. The van der Waals surface area contributed by atoms with E-state index < -0.39 is 29.1 Å². The van der Waals surface area contributed by atoms with Crippen molar-refractivity contribution < 1.29 is 19.2 Å². The van der Waals surface area contributed by atoms with E-state index in [2.05, 4.69) is 5.32 Å². The summed E-state index contributed by atoms with van der Waals surface area (Å²) < 4.78 is 4.86. The van der Waals surface area contributed by atoms with Gasteiger partial charge in [0.25, 0.3) is 11.6 Å². The number of rotatable bonds is 5. The fraction of sp³-hybridized carbons (Fsp3) is 0.125. The number of carbonyl (C=O) groups excluding carboxylic acids is 2. The van der Waals surface area contributed by atoms with Crippen molar-refractivity contribution >= 4 is 46.5 Å². The molecule has 0 spiro atoms. The zero-order valence-electron chi connectivity index (χ0n) is 12.9. The minimum Gasteiger partial charge on any atom is -0.452 e. The van der Waals surface area contributed by atoms with Gasteiger partial charge < -0.3 is 10.1 Å². The lowest BCUT2D eigenvalue weighted by molar-refractivity contribution is -0.384. The molecule has 0 unspecified atom stereocenters. The second-order valence-electron chi connectivity index (χ2n) is 5.01. The fourth-order valence-electron chi connectivity index (χ4n) is 1.91. The number of esters is 1. The van der Waals surface area contributed by atoms with Gasteiger partial charge >= 0.3 is 5.97 Å². The van der Waals surface area contributed by atoms with Gasteiger partial charge in [0.05, 0.1) is 10.5 Å². The Morgan fingerprint density at radius 3 is 2.60 bits per heavy atom. The maximum Gasteiger partial charge on any atom is 0.338 e. The Labute approximate surface area is 152 Å². The van der Waals surface area contributed by atoms with Crippen LogP contribution in [0.4, 0.5) is 11.4 Å². The first-order valence-electron chi connectivity index (χ1n) is 6.95. The monoisotopic (exact) mass is 382 g/mol. The highest BCUT2D eigenvalue weighted by Gasteiger charge is 2.18. The first kappa shape index (κ1) is 18.7. The van der Waals surface area contributed by atoms with Crippen LogP contribution in [0.2, 0.25) is 10.0 Å². The van der Waals surface area contributed by atoms with Crippen LogP contribution in [0.1, 0.15) is 15.9 Å². The van der Waals surface area contributed by atoms with Gasteiger partial charge in [-0.15, -0.1) is 0 Å². The molecule has 0 radical (unpaired) electrons. The summed E-state index contributed by atoms with van der Waals surface area (Å²) in [5, 5.41) is 13.7. The minimum absolute atomic E-state index is 0.0807. The van der Waals surface area contributed by atoms with Crippen LogP contribution >= 0.6 is 23.2 Å². The lowest BCUT2D eigenvalue weighted by Crippen LogP contribution is -2.21. The molecule has 7 nitrogen and oxygen atoms in total. The Bertz CT molecular complexity index is 854. The number of nitrogens with one attached hydrogen (secondary N) is 1.